The van der Waals surface area contributed by atoms with Gasteiger partial charge < -0.3 is 15.5 Å². The summed E-state index contributed by atoms with van der Waals surface area (Å²) in [6.07, 6.45) is 1.56. The number of rotatable bonds is 3. The molecule has 0 atom stereocenters. The highest BCUT2D eigenvalue weighted by Crippen LogP contribution is 2.28. The molecule has 122 valence electrons. The first-order chi connectivity index (χ1) is 11.4. The van der Waals surface area contributed by atoms with E-state index in [1.807, 2.05) is 6.92 Å². The molecule has 8 nitrogen and oxygen atoms in total. The van der Waals surface area contributed by atoms with Crippen LogP contribution in [0.5, 0.6) is 0 Å². The van der Waals surface area contributed by atoms with Gasteiger partial charge in [0, 0.05) is 22.4 Å². The van der Waals surface area contributed by atoms with Crippen LogP contribution < -0.4 is 11.1 Å². The molecule has 0 aliphatic carbocycles. The molecular formula is C16H13N3O5. The zero-order chi connectivity index (χ0) is 17.4. The fourth-order valence-corrected chi connectivity index (χ4v) is 2.40. The maximum absolute atomic E-state index is 11.2. The minimum Gasteiger partial charge on any atom is -0.505 e. The predicted octanol–water partition coefficient (Wildman–Crippen LogP) is 1.69. The van der Waals surface area contributed by atoms with E-state index in [4.69, 9.17) is 5.11 Å². The molecule has 0 fully saturated rings. The van der Waals surface area contributed by atoms with Gasteiger partial charge in [0.05, 0.1) is 0 Å². The van der Waals surface area contributed by atoms with Crippen LogP contribution >= 0.6 is 0 Å². The molecule has 0 saturated heterocycles. The summed E-state index contributed by atoms with van der Waals surface area (Å²) in [7, 11) is 0. The molecule has 2 aromatic rings. The van der Waals surface area contributed by atoms with Crippen molar-refractivity contribution in [2.24, 2.45) is 0 Å². The number of aliphatic hydroxyl groups is 1. The minimum absolute atomic E-state index is 0.199. The Morgan fingerprint density at radius 2 is 2.12 bits per heavy atom. The van der Waals surface area contributed by atoms with E-state index < -0.39 is 17.5 Å². The van der Waals surface area contributed by atoms with Gasteiger partial charge in [0.2, 0.25) is 0 Å². The highest BCUT2D eigenvalue weighted by molar-refractivity contribution is 5.92. The Balaban J connectivity index is 1.99. The Kier molecular flexibility index (Phi) is 3.57. The van der Waals surface area contributed by atoms with Gasteiger partial charge in [0.25, 0.3) is 0 Å². The van der Waals surface area contributed by atoms with Crippen LogP contribution in [-0.4, -0.2) is 26.3 Å². The van der Waals surface area contributed by atoms with Crippen LogP contribution in [0.15, 0.2) is 57.2 Å². The van der Waals surface area contributed by atoms with Crippen LogP contribution in [0.25, 0.3) is 17.1 Å². The summed E-state index contributed by atoms with van der Waals surface area (Å²) in [4.78, 5) is 24.7. The SMILES string of the molecule is C=C1C=C(c2ccc(-c3noc(=O)[nH]3)cc2C)NC(C(=O)O)=C1O. The highest BCUT2D eigenvalue weighted by Gasteiger charge is 2.23. The van der Waals surface area contributed by atoms with Crippen LogP contribution in [0.4, 0.5) is 0 Å². The molecule has 0 spiro atoms. The van der Waals surface area contributed by atoms with E-state index in [2.05, 4.69) is 26.6 Å². The lowest BCUT2D eigenvalue weighted by Gasteiger charge is -2.20. The molecule has 0 radical (unpaired) electrons. The van der Waals surface area contributed by atoms with Crippen molar-refractivity contribution in [1.29, 1.82) is 0 Å². The Labute approximate surface area is 135 Å². The van der Waals surface area contributed by atoms with Crippen molar-refractivity contribution >= 4 is 11.7 Å². The monoisotopic (exact) mass is 327 g/mol. The molecule has 1 aromatic heterocycles. The van der Waals surface area contributed by atoms with Crippen LogP contribution in [0.2, 0.25) is 0 Å². The number of dihydropyridines is 1. The predicted molar refractivity (Wildman–Crippen MR) is 84.8 cm³/mol. The van der Waals surface area contributed by atoms with E-state index >= 15 is 0 Å². The summed E-state index contributed by atoms with van der Waals surface area (Å²) in [5.74, 6) is -2.03. The number of aliphatic hydroxyl groups excluding tert-OH is 1. The molecule has 8 heteroatoms. The van der Waals surface area contributed by atoms with Crippen LogP contribution in [-0.2, 0) is 4.79 Å². The van der Waals surface area contributed by atoms with Crippen molar-refractivity contribution in [2.45, 2.75) is 6.92 Å². The second kappa shape index (κ2) is 5.58. The second-order valence-corrected chi connectivity index (χ2v) is 5.21. The van der Waals surface area contributed by atoms with Gasteiger partial charge in [-0.2, -0.15) is 0 Å². The van der Waals surface area contributed by atoms with Crippen molar-refractivity contribution in [3.05, 3.63) is 69.6 Å². The third kappa shape index (κ3) is 2.60. The van der Waals surface area contributed by atoms with E-state index in [1.54, 1.807) is 24.3 Å². The van der Waals surface area contributed by atoms with Gasteiger partial charge in [-0.05, 0) is 24.6 Å². The number of benzene rings is 1. The number of aliphatic carboxylic acids is 1. The third-order valence-corrected chi connectivity index (χ3v) is 3.56. The Hall–Kier alpha value is -3.55. The van der Waals surface area contributed by atoms with Gasteiger partial charge in [-0.15, -0.1) is 0 Å². The van der Waals surface area contributed by atoms with Gasteiger partial charge in [-0.25, -0.2) is 9.59 Å². The highest BCUT2D eigenvalue weighted by atomic mass is 16.5. The molecule has 0 bridgehead atoms. The van der Waals surface area contributed by atoms with Crippen LogP contribution in [0, 0.1) is 6.92 Å². The first-order valence-electron chi connectivity index (χ1n) is 6.88. The first-order valence-corrected chi connectivity index (χ1v) is 6.88. The average Bonchev–Trinajstić information content (AvgIpc) is 2.96. The van der Waals surface area contributed by atoms with Crippen LogP contribution in [0.1, 0.15) is 11.1 Å². The van der Waals surface area contributed by atoms with Crippen molar-refractivity contribution in [1.82, 2.24) is 15.5 Å². The molecule has 1 aliphatic rings. The Morgan fingerprint density at radius 3 is 2.71 bits per heavy atom. The summed E-state index contributed by atoms with van der Waals surface area (Å²) in [5, 5.41) is 25.2. The van der Waals surface area contributed by atoms with Crippen molar-refractivity contribution in [2.75, 3.05) is 0 Å². The smallest absolute Gasteiger partial charge is 0.439 e. The second-order valence-electron chi connectivity index (χ2n) is 5.21. The van der Waals surface area contributed by atoms with E-state index in [0.717, 1.165) is 11.1 Å². The zero-order valence-corrected chi connectivity index (χ0v) is 12.6. The van der Waals surface area contributed by atoms with Crippen molar-refractivity contribution in [3.63, 3.8) is 0 Å². The summed E-state index contributed by atoms with van der Waals surface area (Å²) < 4.78 is 4.48. The quantitative estimate of drug-likeness (QED) is 0.675. The van der Waals surface area contributed by atoms with Gasteiger partial charge >= 0.3 is 11.7 Å². The number of aromatic amines is 1. The van der Waals surface area contributed by atoms with Gasteiger partial charge in [-0.3, -0.25) is 9.51 Å². The van der Waals surface area contributed by atoms with Gasteiger partial charge in [-0.1, -0.05) is 23.9 Å². The lowest BCUT2D eigenvalue weighted by atomic mass is 9.98. The summed E-state index contributed by atoms with van der Waals surface area (Å²) >= 11 is 0. The van der Waals surface area contributed by atoms with Gasteiger partial charge in [0.15, 0.2) is 17.3 Å². The number of hydrogen-bond acceptors (Lipinski definition) is 6. The number of carboxylic acid groups (broad SMARTS) is 1. The maximum Gasteiger partial charge on any atom is 0.439 e. The van der Waals surface area contributed by atoms with E-state index in [0.29, 0.717) is 17.1 Å². The molecule has 1 aliphatic heterocycles. The van der Waals surface area contributed by atoms with E-state index in [-0.39, 0.29) is 11.3 Å². The molecule has 0 saturated carbocycles. The summed E-state index contributed by atoms with van der Waals surface area (Å²) in [5.41, 5.74) is 2.53. The van der Waals surface area contributed by atoms with E-state index in [1.165, 1.54) is 0 Å². The van der Waals surface area contributed by atoms with Gasteiger partial charge in [0.1, 0.15) is 0 Å². The van der Waals surface area contributed by atoms with E-state index in [9.17, 15) is 14.7 Å². The Morgan fingerprint density at radius 1 is 1.38 bits per heavy atom. The number of hydrogen-bond donors (Lipinski definition) is 4. The molecule has 0 unspecified atom stereocenters. The number of carboxylic acids is 1. The molecule has 0 amide bonds. The number of H-pyrrole nitrogens is 1. The fourth-order valence-electron chi connectivity index (χ4n) is 2.40. The number of carbonyl (C=O) groups is 1. The lowest BCUT2D eigenvalue weighted by molar-refractivity contribution is -0.133. The minimum atomic E-state index is -1.28. The Bertz CT molecular complexity index is 978. The number of aromatic nitrogens is 2. The third-order valence-electron chi connectivity index (χ3n) is 3.56. The molecule has 2 heterocycles. The number of nitrogens with one attached hydrogen (secondary N) is 2. The first kappa shape index (κ1) is 15.3. The molecule has 3 rings (SSSR count). The maximum atomic E-state index is 11.2. The number of nitrogens with zero attached hydrogens (tertiary/aromatic N) is 1. The normalized spacial score (nSPS) is 14.4. The van der Waals surface area contributed by atoms with Crippen LogP contribution in [0.3, 0.4) is 0 Å². The molecule has 4 N–H and O–H groups in total. The summed E-state index contributed by atoms with van der Waals surface area (Å²) in [6, 6.07) is 5.22. The largest absolute Gasteiger partial charge is 0.505 e. The molecule has 24 heavy (non-hydrogen) atoms. The average molecular weight is 327 g/mol. The van der Waals surface area contributed by atoms with Crippen molar-refractivity contribution < 1.29 is 19.5 Å². The van der Waals surface area contributed by atoms with Crippen molar-refractivity contribution in [3.8, 4) is 11.4 Å². The zero-order valence-electron chi connectivity index (χ0n) is 12.6. The topological polar surface area (TPSA) is 128 Å². The number of aryl methyl sites for hydroxylation is 1. The summed E-state index contributed by atoms with van der Waals surface area (Å²) in [6.45, 7) is 5.47. The fraction of sp³-hybridized carbons (Fsp3) is 0.0625. The molecule has 1 aromatic carbocycles. The molecular weight excluding hydrogens is 314 g/mol. The lowest BCUT2D eigenvalue weighted by Crippen LogP contribution is -2.25. The number of allylic oxidation sites excluding steroid dienone is 1. The standard InChI is InChI=1S/C16H13N3O5/c1-7-5-9(14-18-16(23)24-19-14)3-4-10(7)11-6-8(2)13(20)12(17-11)15(21)22/h3-6,17,20H,2H2,1H3,(H,21,22)(H,18,19,23).